The van der Waals surface area contributed by atoms with Crippen molar-refractivity contribution in [2.24, 2.45) is 0 Å². The molecule has 2 aromatic rings. The first kappa shape index (κ1) is 7.25. The maximum Gasteiger partial charge on any atom is 0.172 e. The summed E-state index contributed by atoms with van der Waals surface area (Å²) in [6, 6.07) is 2.01. The topological polar surface area (TPSA) is 54.0 Å². The Balaban J connectivity index is 2.84. The first-order valence-electron chi connectivity index (χ1n) is 3.20. The zero-order valence-corrected chi connectivity index (χ0v) is 7.48. The molecule has 2 rings (SSSR count). The highest BCUT2D eigenvalue weighted by Gasteiger charge is 2.03. The van der Waals surface area contributed by atoms with Crippen LogP contribution in [0, 0.1) is 11.3 Å². The summed E-state index contributed by atoms with van der Waals surface area (Å²) in [6.45, 7) is 0. The molecule has 12 heavy (non-hydrogen) atoms. The lowest BCUT2D eigenvalue weighted by molar-refractivity contribution is 0.933. The van der Waals surface area contributed by atoms with Crippen LogP contribution in [0.5, 0.6) is 0 Å². The Hall–Kier alpha value is -1.41. The van der Waals surface area contributed by atoms with Crippen molar-refractivity contribution in [3.05, 3.63) is 28.6 Å². The normalized spacial score (nSPS) is 10.0. The highest BCUT2D eigenvalue weighted by atomic mass is 79.9. The molecule has 0 aliphatic carbocycles. The summed E-state index contributed by atoms with van der Waals surface area (Å²) >= 11 is 3.26. The molecule has 0 fully saturated rings. The molecule has 0 saturated heterocycles. The minimum atomic E-state index is 0.488. The van der Waals surface area contributed by atoms with E-state index in [0.717, 1.165) is 4.47 Å². The molecule has 0 saturated carbocycles. The van der Waals surface area contributed by atoms with Crippen molar-refractivity contribution in [2.75, 3.05) is 0 Å². The second kappa shape index (κ2) is 2.57. The van der Waals surface area contributed by atoms with Gasteiger partial charge in [0.15, 0.2) is 5.65 Å². The summed E-state index contributed by atoms with van der Waals surface area (Å²) in [6.07, 6.45) is 4.88. The molecular weight excluding hydrogens is 220 g/mol. The Morgan fingerprint density at radius 2 is 2.33 bits per heavy atom. The summed E-state index contributed by atoms with van der Waals surface area (Å²) in [4.78, 5) is 4.04. The van der Waals surface area contributed by atoms with Crippen molar-refractivity contribution in [3.8, 4) is 6.07 Å². The van der Waals surface area contributed by atoms with Gasteiger partial charge in [0.05, 0.1) is 10.7 Å². The van der Waals surface area contributed by atoms with Gasteiger partial charge in [-0.3, -0.25) is 0 Å². The monoisotopic (exact) mass is 222 g/mol. The molecule has 5 heteroatoms. The molecule has 0 bridgehead atoms. The maximum atomic E-state index is 8.64. The molecule has 58 valence electrons. The van der Waals surface area contributed by atoms with Gasteiger partial charge in [0.2, 0.25) is 0 Å². The third-order valence-electron chi connectivity index (χ3n) is 1.45. The van der Waals surface area contributed by atoms with E-state index in [2.05, 4.69) is 26.0 Å². The summed E-state index contributed by atoms with van der Waals surface area (Å²) in [5, 5.41) is 12.6. The molecule has 0 radical (unpaired) electrons. The molecule has 2 aromatic heterocycles. The molecule has 0 spiro atoms. The highest BCUT2D eigenvalue weighted by Crippen LogP contribution is 2.10. The number of fused-ring (bicyclic) bond motifs is 1. The first-order chi connectivity index (χ1) is 5.81. The molecular formula is C7H3BrN4. The standard InChI is InChI=1S/C7H3BrN4/c8-6-3-10-7-5(1-9)2-11-12(7)4-6/h2-4H. The van der Waals surface area contributed by atoms with Crippen molar-refractivity contribution in [2.45, 2.75) is 0 Å². The van der Waals surface area contributed by atoms with Crippen LogP contribution < -0.4 is 0 Å². The molecule has 0 aliphatic heterocycles. The van der Waals surface area contributed by atoms with Crippen LogP contribution in [-0.4, -0.2) is 14.6 Å². The third kappa shape index (κ3) is 0.970. The fourth-order valence-electron chi connectivity index (χ4n) is 0.931. The zero-order chi connectivity index (χ0) is 8.55. The summed E-state index contributed by atoms with van der Waals surface area (Å²) < 4.78 is 2.39. The number of rotatable bonds is 0. The maximum absolute atomic E-state index is 8.64. The van der Waals surface area contributed by atoms with E-state index in [4.69, 9.17) is 5.26 Å². The van der Waals surface area contributed by atoms with Gasteiger partial charge in [-0.25, -0.2) is 9.50 Å². The van der Waals surface area contributed by atoms with E-state index in [1.807, 2.05) is 6.07 Å². The van der Waals surface area contributed by atoms with Gasteiger partial charge in [0.25, 0.3) is 0 Å². The van der Waals surface area contributed by atoms with Crippen LogP contribution >= 0.6 is 15.9 Å². The van der Waals surface area contributed by atoms with Crippen molar-refractivity contribution in [3.63, 3.8) is 0 Å². The Morgan fingerprint density at radius 3 is 3.08 bits per heavy atom. The van der Waals surface area contributed by atoms with Crippen LogP contribution in [0.1, 0.15) is 5.56 Å². The summed E-state index contributed by atoms with van der Waals surface area (Å²) in [5.74, 6) is 0. The largest absolute Gasteiger partial charge is 0.235 e. The smallest absolute Gasteiger partial charge is 0.172 e. The predicted octanol–water partition coefficient (Wildman–Crippen LogP) is 1.36. The zero-order valence-electron chi connectivity index (χ0n) is 5.90. The Morgan fingerprint density at radius 1 is 1.50 bits per heavy atom. The fourth-order valence-corrected chi connectivity index (χ4v) is 1.23. The predicted molar refractivity (Wildman–Crippen MR) is 45.4 cm³/mol. The van der Waals surface area contributed by atoms with E-state index in [0.29, 0.717) is 11.2 Å². The fraction of sp³-hybridized carbons (Fsp3) is 0. The third-order valence-corrected chi connectivity index (χ3v) is 1.85. The van der Waals surface area contributed by atoms with Gasteiger partial charge in [-0.2, -0.15) is 10.4 Å². The van der Waals surface area contributed by atoms with E-state index >= 15 is 0 Å². The second-order valence-electron chi connectivity index (χ2n) is 2.21. The van der Waals surface area contributed by atoms with Crippen molar-refractivity contribution in [1.82, 2.24) is 14.6 Å². The lowest BCUT2D eigenvalue weighted by Gasteiger charge is -1.91. The van der Waals surface area contributed by atoms with Crippen LogP contribution in [0.15, 0.2) is 23.1 Å². The van der Waals surface area contributed by atoms with E-state index in [9.17, 15) is 0 Å². The van der Waals surface area contributed by atoms with Gasteiger partial charge < -0.3 is 0 Å². The Bertz CT molecular complexity index is 468. The number of aromatic nitrogens is 3. The summed E-state index contributed by atoms with van der Waals surface area (Å²) in [5.41, 5.74) is 1.07. The molecule has 0 aromatic carbocycles. The SMILES string of the molecule is N#Cc1cnn2cc(Br)cnc12. The molecule has 0 atom stereocenters. The van der Waals surface area contributed by atoms with Crippen LogP contribution in [0.3, 0.4) is 0 Å². The van der Waals surface area contributed by atoms with E-state index in [-0.39, 0.29) is 0 Å². The first-order valence-corrected chi connectivity index (χ1v) is 3.99. The van der Waals surface area contributed by atoms with Crippen LogP contribution in [0.2, 0.25) is 0 Å². The highest BCUT2D eigenvalue weighted by molar-refractivity contribution is 9.10. The van der Waals surface area contributed by atoms with Gasteiger partial charge in [0.1, 0.15) is 11.6 Å². The number of hydrogen-bond donors (Lipinski definition) is 0. The Kier molecular flexibility index (Phi) is 1.55. The van der Waals surface area contributed by atoms with Crippen LogP contribution in [0.25, 0.3) is 5.65 Å². The quantitative estimate of drug-likeness (QED) is 0.677. The lowest BCUT2D eigenvalue weighted by Crippen LogP contribution is -1.89. The number of halogens is 1. The van der Waals surface area contributed by atoms with Gasteiger partial charge in [0, 0.05) is 12.4 Å². The summed E-state index contributed by atoms with van der Waals surface area (Å²) in [7, 11) is 0. The van der Waals surface area contributed by atoms with Gasteiger partial charge in [-0.05, 0) is 15.9 Å². The lowest BCUT2D eigenvalue weighted by atomic mass is 10.4. The van der Waals surface area contributed by atoms with Crippen molar-refractivity contribution >= 4 is 21.6 Å². The van der Waals surface area contributed by atoms with Crippen LogP contribution in [-0.2, 0) is 0 Å². The van der Waals surface area contributed by atoms with E-state index in [1.54, 1.807) is 16.9 Å². The second-order valence-corrected chi connectivity index (χ2v) is 3.13. The van der Waals surface area contributed by atoms with Gasteiger partial charge >= 0.3 is 0 Å². The van der Waals surface area contributed by atoms with Gasteiger partial charge in [-0.1, -0.05) is 0 Å². The van der Waals surface area contributed by atoms with E-state index < -0.39 is 0 Å². The van der Waals surface area contributed by atoms with E-state index in [1.165, 1.54) is 6.20 Å². The average Bonchev–Trinajstić information content (AvgIpc) is 2.46. The minimum absolute atomic E-state index is 0.488. The number of nitriles is 1. The molecule has 4 nitrogen and oxygen atoms in total. The molecule has 0 amide bonds. The molecule has 0 aliphatic rings. The molecule has 0 unspecified atom stereocenters. The van der Waals surface area contributed by atoms with Crippen molar-refractivity contribution in [1.29, 1.82) is 5.26 Å². The van der Waals surface area contributed by atoms with Crippen LogP contribution in [0.4, 0.5) is 0 Å². The Labute approximate surface area is 76.6 Å². The molecule has 2 heterocycles. The van der Waals surface area contributed by atoms with Crippen molar-refractivity contribution < 1.29 is 0 Å². The molecule has 0 N–H and O–H groups in total. The number of nitrogens with zero attached hydrogens (tertiary/aromatic N) is 4. The minimum Gasteiger partial charge on any atom is -0.235 e. The number of hydrogen-bond acceptors (Lipinski definition) is 3. The average molecular weight is 223 g/mol. The van der Waals surface area contributed by atoms with Gasteiger partial charge in [-0.15, -0.1) is 0 Å².